The van der Waals surface area contributed by atoms with E-state index in [1.807, 2.05) is 50.2 Å². The van der Waals surface area contributed by atoms with Gasteiger partial charge in [0.05, 0.1) is 17.9 Å². The van der Waals surface area contributed by atoms with Crippen molar-refractivity contribution in [2.75, 3.05) is 4.90 Å². The van der Waals surface area contributed by atoms with Gasteiger partial charge in [-0.05, 0) is 42.0 Å². The Hall–Kier alpha value is -3.22. The van der Waals surface area contributed by atoms with Gasteiger partial charge in [-0.25, -0.2) is 0 Å². The van der Waals surface area contributed by atoms with Crippen LogP contribution in [0.2, 0.25) is 0 Å². The van der Waals surface area contributed by atoms with Gasteiger partial charge in [-0.3, -0.25) is 24.3 Å². The SMILES string of the molecule is CCC(C)CC(=O)NC1CCc2cccc3c2N(C1=O)C(C(=O)NCc1ccccn1)C3. The summed E-state index contributed by atoms with van der Waals surface area (Å²) < 4.78 is 0. The van der Waals surface area contributed by atoms with Gasteiger partial charge in [0.1, 0.15) is 12.1 Å². The maximum atomic E-state index is 13.6. The van der Waals surface area contributed by atoms with Crippen LogP contribution in [0.4, 0.5) is 5.69 Å². The number of carbonyl (C=O) groups excluding carboxylic acids is 3. The van der Waals surface area contributed by atoms with Crippen molar-refractivity contribution in [3.8, 4) is 0 Å². The molecule has 3 heterocycles. The van der Waals surface area contributed by atoms with E-state index in [0.29, 0.717) is 32.2 Å². The Morgan fingerprint density at radius 2 is 2.00 bits per heavy atom. The molecule has 1 aromatic heterocycles. The van der Waals surface area contributed by atoms with Crippen molar-refractivity contribution in [3.05, 3.63) is 59.4 Å². The second kappa shape index (κ2) is 9.51. The summed E-state index contributed by atoms with van der Waals surface area (Å²) in [5, 5.41) is 5.87. The smallest absolute Gasteiger partial charge is 0.250 e. The highest BCUT2D eigenvalue weighted by Gasteiger charge is 2.43. The Bertz CT molecular complexity index is 1010. The van der Waals surface area contributed by atoms with Crippen LogP contribution in [-0.2, 0) is 33.8 Å². The van der Waals surface area contributed by atoms with Crippen LogP contribution in [0, 0.1) is 5.92 Å². The lowest BCUT2D eigenvalue weighted by molar-refractivity contribution is -0.129. The summed E-state index contributed by atoms with van der Waals surface area (Å²) in [5.41, 5.74) is 3.65. The number of carbonyl (C=O) groups is 3. The molecule has 32 heavy (non-hydrogen) atoms. The number of aryl methyl sites for hydroxylation is 1. The van der Waals surface area contributed by atoms with Gasteiger partial charge < -0.3 is 10.6 Å². The molecule has 0 bridgehead atoms. The molecule has 168 valence electrons. The number of nitrogens with zero attached hydrogens (tertiary/aromatic N) is 2. The van der Waals surface area contributed by atoms with Crippen LogP contribution in [0.25, 0.3) is 0 Å². The van der Waals surface area contributed by atoms with Crippen LogP contribution >= 0.6 is 0 Å². The fourth-order valence-electron chi connectivity index (χ4n) is 4.49. The number of benzene rings is 1. The minimum atomic E-state index is -0.630. The van der Waals surface area contributed by atoms with Gasteiger partial charge in [-0.15, -0.1) is 0 Å². The summed E-state index contributed by atoms with van der Waals surface area (Å²) in [6.45, 7) is 4.38. The Balaban J connectivity index is 1.54. The minimum absolute atomic E-state index is 0.112. The van der Waals surface area contributed by atoms with Crippen molar-refractivity contribution < 1.29 is 14.4 Å². The quantitative estimate of drug-likeness (QED) is 0.701. The molecule has 0 saturated carbocycles. The molecule has 0 saturated heterocycles. The maximum Gasteiger partial charge on any atom is 0.250 e. The number of anilines is 1. The first-order valence-corrected chi connectivity index (χ1v) is 11.4. The number of rotatable bonds is 7. The van der Waals surface area contributed by atoms with Gasteiger partial charge in [0, 0.05) is 19.0 Å². The molecule has 2 aliphatic heterocycles. The molecule has 0 aliphatic carbocycles. The van der Waals surface area contributed by atoms with E-state index >= 15 is 0 Å². The number of hydrogen-bond donors (Lipinski definition) is 2. The first kappa shape index (κ1) is 22.0. The second-order valence-corrected chi connectivity index (χ2v) is 8.77. The van der Waals surface area contributed by atoms with Crippen LogP contribution in [0.1, 0.15) is 49.9 Å². The molecule has 4 rings (SSSR count). The first-order valence-electron chi connectivity index (χ1n) is 11.4. The van der Waals surface area contributed by atoms with Crippen molar-refractivity contribution in [3.63, 3.8) is 0 Å². The van der Waals surface area contributed by atoms with Crippen LogP contribution in [0.5, 0.6) is 0 Å². The lowest BCUT2D eigenvalue weighted by Crippen LogP contribution is -2.54. The molecule has 0 radical (unpaired) electrons. The molecule has 0 spiro atoms. The highest BCUT2D eigenvalue weighted by atomic mass is 16.2. The van der Waals surface area contributed by atoms with E-state index in [-0.39, 0.29) is 23.6 Å². The van der Waals surface area contributed by atoms with E-state index in [2.05, 4.69) is 15.6 Å². The van der Waals surface area contributed by atoms with Gasteiger partial charge >= 0.3 is 0 Å². The molecule has 1 aromatic carbocycles. The van der Waals surface area contributed by atoms with Crippen LogP contribution in [-0.4, -0.2) is 34.8 Å². The van der Waals surface area contributed by atoms with Gasteiger partial charge in [-0.1, -0.05) is 44.5 Å². The predicted molar refractivity (Wildman–Crippen MR) is 122 cm³/mol. The summed E-state index contributed by atoms with van der Waals surface area (Å²) in [4.78, 5) is 45.1. The van der Waals surface area contributed by atoms with Crippen molar-refractivity contribution in [2.24, 2.45) is 5.92 Å². The Kier molecular flexibility index (Phi) is 6.53. The summed E-state index contributed by atoms with van der Waals surface area (Å²) in [6.07, 6.45) is 4.67. The topological polar surface area (TPSA) is 91.4 Å². The molecular formula is C25H30N4O3. The van der Waals surface area contributed by atoms with Crippen LogP contribution in [0.15, 0.2) is 42.6 Å². The fourth-order valence-corrected chi connectivity index (χ4v) is 4.49. The van der Waals surface area contributed by atoms with E-state index in [0.717, 1.165) is 28.9 Å². The number of nitrogens with one attached hydrogen (secondary N) is 2. The fraction of sp³-hybridized carbons (Fsp3) is 0.440. The lowest BCUT2D eigenvalue weighted by atomic mass is 10.0. The van der Waals surface area contributed by atoms with Crippen molar-refractivity contribution in [1.29, 1.82) is 0 Å². The van der Waals surface area contributed by atoms with Gasteiger partial charge in [0.2, 0.25) is 17.7 Å². The second-order valence-electron chi connectivity index (χ2n) is 8.77. The van der Waals surface area contributed by atoms with E-state index in [4.69, 9.17) is 0 Å². The van der Waals surface area contributed by atoms with Gasteiger partial charge in [-0.2, -0.15) is 0 Å². The molecule has 2 aromatic rings. The average molecular weight is 435 g/mol. The van der Waals surface area contributed by atoms with Crippen molar-refractivity contribution in [2.45, 2.75) is 64.6 Å². The summed E-state index contributed by atoms with van der Waals surface area (Å²) >= 11 is 0. The molecule has 2 N–H and O–H groups in total. The van der Waals surface area contributed by atoms with Crippen molar-refractivity contribution in [1.82, 2.24) is 15.6 Å². The Labute approximate surface area is 188 Å². The molecule has 3 atom stereocenters. The number of aromatic nitrogens is 1. The number of amides is 3. The summed E-state index contributed by atoms with van der Waals surface area (Å²) in [6, 6.07) is 10.3. The van der Waals surface area contributed by atoms with Crippen LogP contribution < -0.4 is 15.5 Å². The lowest BCUT2D eigenvalue weighted by Gasteiger charge is -2.28. The third kappa shape index (κ3) is 4.52. The van der Waals surface area contributed by atoms with E-state index < -0.39 is 12.1 Å². The Morgan fingerprint density at radius 1 is 1.19 bits per heavy atom. The van der Waals surface area contributed by atoms with Gasteiger partial charge in [0.25, 0.3) is 0 Å². The molecule has 3 unspecified atom stereocenters. The van der Waals surface area contributed by atoms with Gasteiger partial charge in [0.15, 0.2) is 0 Å². The van der Waals surface area contributed by atoms with E-state index in [1.54, 1.807) is 11.1 Å². The third-order valence-electron chi connectivity index (χ3n) is 6.45. The zero-order valence-electron chi connectivity index (χ0n) is 18.6. The minimum Gasteiger partial charge on any atom is -0.349 e. The number of hydrogen-bond acceptors (Lipinski definition) is 4. The molecule has 2 aliphatic rings. The number of para-hydroxylation sites is 1. The van der Waals surface area contributed by atoms with Crippen LogP contribution in [0.3, 0.4) is 0 Å². The molecule has 3 amide bonds. The zero-order valence-corrected chi connectivity index (χ0v) is 18.6. The average Bonchev–Trinajstić information content (AvgIpc) is 3.14. The number of pyridine rings is 1. The molecular weight excluding hydrogens is 404 g/mol. The largest absolute Gasteiger partial charge is 0.349 e. The van der Waals surface area contributed by atoms with Crippen molar-refractivity contribution >= 4 is 23.4 Å². The van der Waals surface area contributed by atoms with E-state index in [1.165, 1.54) is 0 Å². The standard InChI is InChI=1S/C25H30N4O3/c1-3-16(2)13-22(30)28-20-11-10-17-7-6-8-18-14-21(29(23(17)18)25(20)32)24(31)27-15-19-9-4-5-12-26-19/h4-9,12,16,20-21H,3,10-11,13-15H2,1-2H3,(H,27,31)(H,28,30). The molecule has 7 nitrogen and oxygen atoms in total. The summed E-state index contributed by atoms with van der Waals surface area (Å²) in [7, 11) is 0. The van der Waals surface area contributed by atoms with E-state index in [9.17, 15) is 14.4 Å². The predicted octanol–water partition coefficient (Wildman–Crippen LogP) is 2.52. The highest BCUT2D eigenvalue weighted by Crippen LogP contribution is 2.39. The molecule has 0 fully saturated rings. The molecule has 7 heteroatoms. The highest BCUT2D eigenvalue weighted by molar-refractivity contribution is 6.07. The normalized spacial score (nSPS) is 20.3. The summed E-state index contributed by atoms with van der Waals surface area (Å²) in [5.74, 6) is -0.266. The maximum absolute atomic E-state index is 13.6. The first-order chi connectivity index (χ1) is 15.5. The third-order valence-corrected chi connectivity index (χ3v) is 6.45. The monoisotopic (exact) mass is 434 g/mol. The Morgan fingerprint density at radius 3 is 2.75 bits per heavy atom. The zero-order chi connectivity index (χ0) is 22.7.